The number of carbonyl (C=O) groups is 4. The van der Waals surface area contributed by atoms with Crippen molar-refractivity contribution in [2.24, 2.45) is 11.8 Å². The number of nitrogens with zero attached hydrogens (tertiary/aromatic N) is 2. The van der Waals surface area contributed by atoms with Crippen molar-refractivity contribution in [1.82, 2.24) is 15.3 Å². The SMILES string of the molecule is C=CCCC(=O)N[C@@H](COC)[C@@H](OC(=O)[C@@H]1[C@@H]2C=C[C@]3(O2)[C@H](C(=O)N(CC=C)Cc2ccccc2)N(OCc2ccc(OC)cc2)C(=O)[C@@H]13)c1ccccc1. The van der Waals surface area contributed by atoms with E-state index in [1.807, 2.05) is 36.4 Å². The van der Waals surface area contributed by atoms with Crippen LogP contribution in [0.3, 0.4) is 0 Å². The van der Waals surface area contributed by atoms with E-state index in [0.29, 0.717) is 17.7 Å². The molecule has 0 saturated carbocycles. The molecule has 2 saturated heterocycles. The minimum absolute atomic E-state index is 0.0353. The number of esters is 1. The van der Waals surface area contributed by atoms with Gasteiger partial charge in [0.15, 0.2) is 6.04 Å². The molecule has 1 spiro atoms. The highest BCUT2D eigenvalue weighted by Crippen LogP contribution is 2.56. The highest BCUT2D eigenvalue weighted by Gasteiger charge is 2.74. The summed E-state index contributed by atoms with van der Waals surface area (Å²) in [5.41, 5.74) is 0.686. The van der Waals surface area contributed by atoms with Gasteiger partial charge in [0.1, 0.15) is 30.0 Å². The van der Waals surface area contributed by atoms with Gasteiger partial charge in [-0.15, -0.1) is 13.2 Å². The van der Waals surface area contributed by atoms with Crippen LogP contribution in [0.5, 0.6) is 5.75 Å². The molecule has 55 heavy (non-hydrogen) atoms. The maximum absolute atomic E-state index is 14.8. The topological polar surface area (TPSA) is 133 Å². The minimum Gasteiger partial charge on any atom is -0.497 e. The molecule has 3 aliphatic rings. The molecule has 1 N–H and O–H groups in total. The molecule has 2 bridgehead atoms. The fraction of sp³-hybridized carbons (Fsp3) is 0.349. The Morgan fingerprint density at radius 3 is 2.33 bits per heavy atom. The first kappa shape index (κ1) is 39.1. The lowest BCUT2D eigenvalue weighted by Crippen LogP contribution is -2.55. The first-order chi connectivity index (χ1) is 26.7. The second-order valence-corrected chi connectivity index (χ2v) is 13.7. The highest BCUT2D eigenvalue weighted by molar-refractivity contribution is 5.98. The van der Waals surface area contributed by atoms with Crippen LogP contribution in [0.2, 0.25) is 0 Å². The number of ether oxygens (including phenoxy) is 4. The van der Waals surface area contributed by atoms with E-state index in [9.17, 15) is 19.2 Å². The minimum atomic E-state index is -1.54. The van der Waals surface area contributed by atoms with Crippen molar-refractivity contribution in [3.63, 3.8) is 0 Å². The number of nitrogens with one attached hydrogen (secondary N) is 1. The van der Waals surface area contributed by atoms with Gasteiger partial charge in [-0.25, -0.2) is 5.06 Å². The van der Waals surface area contributed by atoms with Gasteiger partial charge in [-0.05, 0) is 35.2 Å². The van der Waals surface area contributed by atoms with Crippen LogP contribution in [-0.2, 0) is 51.4 Å². The van der Waals surface area contributed by atoms with E-state index >= 15 is 0 Å². The predicted molar refractivity (Wildman–Crippen MR) is 203 cm³/mol. The first-order valence-corrected chi connectivity index (χ1v) is 18.3. The van der Waals surface area contributed by atoms with Crippen LogP contribution in [0.4, 0.5) is 0 Å². The monoisotopic (exact) mass is 749 g/mol. The summed E-state index contributed by atoms with van der Waals surface area (Å²) in [5.74, 6) is -3.63. The Bertz CT molecular complexity index is 1870. The predicted octanol–water partition coefficient (Wildman–Crippen LogP) is 4.87. The molecular formula is C43H47N3O9. The average molecular weight is 750 g/mol. The molecule has 0 radical (unpaired) electrons. The van der Waals surface area contributed by atoms with Crippen LogP contribution in [0, 0.1) is 11.8 Å². The maximum atomic E-state index is 14.8. The van der Waals surface area contributed by atoms with Gasteiger partial charge in [-0.1, -0.05) is 97.1 Å². The summed E-state index contributed by atoms with van der Waals surface area (Å²) < 4.78 is 23.6. The summed E-state index contributed by atoms with van der Waals surface area (Å²) in [6, 6.07) is 23.6. The van der Waals surface area contributed by atoms with Crippen LogP contribution in [0.15, 0.2) is 122 Å². The summed E-state index contributed by atoms with van der Waals surface area (Å²) in [6.45, 7) is 7.97. The lowest BCUT2D eigenvalue weighted by molar-refractivity contribution is -0.211. The number of hydrogen-bond donors (Lipinski definition) is 1. The zero-order valence-corrected chi connectivity index (χ0v) is 31.1. The van der Waals surface area contributed by atoms with Crippen molar-refractivity contribution in [2.75, 3.05) is 27.4 Å². The summed E-state index contributed by atoms with van der Waals surface area (Å²) in [7, 11) is 3.06. The number of benzene rings is 3. The Kier molecular flexibility index (Phi) is 12.6. The van der Waals surface area contributed by atoms with Gasteiger partial charge in [-0.3, -0.25) is 24.0 Å². The maximum Gasteiger partial charge on any atom is 0.313 e. The molecule has 3 aromatic rings. The van der Waals surface area contributed by atoms with Crippen molar-refractivity contribution >= 4 is 23.7 Å². The third-order valence-electron chi connectivity index (χ3n) is 10.1. The summed E-state index contributed by atoms with van der Waals surface area (Å²) >= 11 is 0. The lowest BCUT2D eigenvalue weighted by atomic mass is 9.74. The summed E-state index contributed by atoms with van der Waals surface area (Å²) in [4.78, 5) is 64.7. The molecule has 12 nitrogen and oxygen atoms in total. The zero-order valence-electron chi connectivity index (χ0n) is 31.1. The first-order valence-electron chi connectivity index (χ1n) is 18.3. The van der Waals surface area contributed by atoms with Gasteiger partial charge in [0.2, 0.25) is 5.91 Å². The standard InChI is InChI=1S/C43H47N3O9/c1-5-7-18-35(47)44-33(28-51-3)38(31-16-12-9-13-17-31)54-42(50)36-34-23-24-43(55-34)37(36)40(48)46(53-27-30-19-21-32(52-4)22-20-30)39(43)41(49)45(25-6-2)26-29-14-10-8-11-15-29/h5-6,8-17,19-24,33-34,36-39H,1-2,7,18,25-28H2,3-4H3,(H,44,47)/t33-,34-,36+,37+,38-,39-,43+/m0/s1. The number of hydrogen-bond acceptors (Lipinski definition) is 9. The van der Waals surface area contributed by atoms with Gasteiger partial charge in [-0.2, -0.15) is 0 Å². The van der Waals surface area contributed by atoms with E-state index in [1.165, 1.54) is 7.11 Å². The van der Waals surface area contributed by atoms with Crippen molar-refractivity contribution in [2.45, 2.75) is 55.9 Å². The molecule has 0 aromatic heterocycles. The molecule has 12 heteroatoms. The third kappa shape index (κ3) is 8.26. The lowest BCUT2D eigenvalue weighted by Gasteiger charge is -2.35. The molecule has 3 aromatic carbocycles. The van der Waals surface area contributed by atoms with E-state index in [4.69, 9.17) is 23.8 Å². The molecule has 3 heterocycles. The Morgan fingerprint density at radius 1 is 0.964 bits per heavy atom. The van der Waals surface area contributed by atoms with Crippen molar-refractivity contribution < 1.29 is 43.0 Å². The molecule has 6 rings (SSSR count). The van der Waals surface area contributed by atoms with Gasteiger partial charge >= 0.3 is 5.97 Å². The molecule has 288 valence electrons. The van der Waals surface area contributed by atoms with E-state index in [0.717, 1.165) is 16.2 Å². The van der Waals surface area contributed by atoms with E-state index in [1.54, 1.807) is 84.8 Å². The van der Waals surface area contributed by atoms with Gasteiger partial charge in [0.25, 0.3) is 11.8 Å². The molecule has 7 atom stereocenters. The summed E-state index contributed by atoms with van der Waals surface area (Å²) in [6.07, 6.45) is 5.50. The van der Waals surface area contributed by atoms with E-state index < -0.39 is 59.5 Å². The quantitative estimate of drug-likeness (QED) is 0.135. The molecule has 3 aliphatic heterocycles. The van der Waals surface area contributed by atoms with Crippen LogP contribution in [-0.4, -0.2) is 84.8 Å². The second kappa shape index (κ2) is 17.7. The van der Waals surface area contributed by atoms with Gasteiger partial charge < -0.3 is 29.2 Å². The molecule has 0 aliphatic carbocycles. The van der Waals surface area contributed by atoms with Crippen LogP contribution < -0.4 is 10.1 Å². The number of hydroxylamine groups is 2. The normalized spacial score (nSPS) is 23.1. The van der Waals surface area contributed by atoms with Crippen molar-refractivity contribution in [1.29, 1.82) is 0 Å². The Morgan fingerprint density at radius 2 is 1.67 bits per heavy atom. The number of methoxy groups -OCH3 is 2. The number of rotatable bonds is 19. The molecule has 2 fully saturated rings. The summed E-state index contributed by atoms with van der Waals surface area (Å²) in [5, 5.41) is 4.03. The van der Waals surface area contributed by atoms with Gasteiger partial charge in [0.05, 0.1) is 31.8 Å². The molecule has 0 unspecified atom stereocenters. The Labute approximate surface area is 321 Å². The van der Waals surface area contributed by atoms with E-state index in [2.05, 4.69) is 18.5 Å². The van der Waals surface area contributed by atoms with Gasteiger partial charge in [0, 0.05) is 26.6 Å². The Balaban J connectivity index is 1.33. The van der Waals surface area contributed by atoms with E-state index in [-0.39, 0.29) is 38.6 Å². The van der Waals surface area contributed by atoms with Crippen molar-refractivity contribution in [3.05, 3.63) is 139 Å². The molecule has 3 amide bonds. The Hall–Kier alpha value is -5.56. The number of allylic oxidation sites excluding steroid dienone is 1. The zero-order chi connectivity index (χ0) is 39.0. The molecular weight excluding hydrogens is 702 g/mol. The van der Waals surface area contributed by atoms with Crippen LogP contribution >= 0.6 is 0 Å². The van der Waals surface area contributed by atoms with Crippen LogP contribution in [0.1, 0.15) is 35.6 Å². The number of amides is 3. The number of carbonyl (C=O) groups excluding carboxylic acids is 4. The highest BCUT2D eigenvalue weighted by atomic mass is 16.7. The average Bonchev–Trinajstić information content (AvgIpc) is 3.85. The fourth-order valence-corrected chi connectivity index (χ4v) is 7.58. The van der Waals surface area contributed by atoms with Crippen molar-refractivity contribution in [3.8, 4) is 5.75 Å². The van der Waals surface area contributed by atoms with Crippen LogP contribution in [0.25, 0.3) is 0 Å². The smallest absolute Gasteiger partial charge is 0.313 e. The third-order valence-corrected chi connectivity index (χ3v) is 10.1. The fourth-order valence-electron chi connectivity index (χ4n) is 7.58. The largest absolute Gasteiger partial charge is 0.497 e. The number of fused-ring (bicyclic) bond motifs is 1. The second-order valence-electron chi connectivity index (χ2n) is 13.7.